The number of aryl methyl sites for hydroxylation is 1. The summed E-state index contributed by atoms with van der Waals surface area (Å²) >= 11 is 6.25. The van der Waals surface area contributed by atoms with Crippen LogP contribution in [0.2, 0.25) is 5.02 Å². The maximum atomic E-state index is 6.25. The second kappa shape index (κ2) is 5.37. The van der Waals surface area contributed by atoms with Gasteiger partial charge in [-0.2, -0.15) is 0 Å². The lowest BCUT2D eigenvalue weighted by Gasteiger charge is -2.11. The first-order valence-electron chi connectivity index (χ1n) is 5.52. The van der Waals surface area contributed by atoms with Crippen LogP contribution in [0.3, 0.4) is 0 Å². The van der Waals surface area contributed by atoms with Crippen molar-refractivity contribution in [1.29, 1.82) is 0 Å². The van der Waals surface area contributed by atoms with Gasteiger partial charge in [0.2, 0.25) is 0 Å². The maximum absolute atomic E-state index is 6.25. The highest BCUT2D eigenvalue weighted by Crippen LogP contribution is 2.28. The number of halogens is 1. The Balaban J connectivity index is 3.23. The van der Waals surface area contributed by atoms with Gasteiger partial charge in [-0.25, -0.2) is 0 Å². The van der Waals surface area contributed by atoms with E-state index < -0.39 is 0 Å². The van der Waals surface area contributed by atoms with Gasteiger partial charge in [-0.15, -0.1) is 0 Å². The Bertz CT molecular complexity index is 362. The average Bonchev–Trinajstić information content (AvgIpc) is 2.15. The molecule has 0 N–H and O–H groups in total. The summed E-state index contributed by atoms with van der Waals surface area (Å²) in [6, 6.07) is 6.14. The van der Waals surface area contributed by atoms with E-state index in [0.29, 0.717) is 5.92 Å². The van der Waals surface area contributed by atoms with Crippen LogP contribution in [0.1, 0.15) is 38.8 Å². The van der Waals surface area contributed by atoms with E-state index in [1.165, 1.54) is 16.7 Å². The molecule has 82 valence electrons. The predicted octanol–water partition coefficient (Wildman–Crippen LogP) is 4.96. The van der Waals surface area contributed by atoms with Crippen molar-refractivity contribution < 1.29 is 0 Å². The Labute approximate surface area is 98.0 Å². The lowest BCUT2D eigenvalue weighted by molar-refractivity contribution is 0.832. The minimum Gasteiger partial charge on any atom is -0.0837 e. The molecule has 15 heavy (non-hydrogen) atoms. The molecule has 0 bridgehead atoms. The third-order valence-electron chi connectivity index (χ3n) is 2.46. The van der Waals surface area contributed by atoms with E-state index in [0.717, 1.165) is 11.4 Å². The van der Waals surface area contributed by atoms with Gasteiger partial charge in [0.05, 0.1) is 0 Å². The standard InChI is InChI=1S/C14H19Cl/c1-5-12-7-6-8-13(15)14(12)11(4)9-10(2)3/h6-10H,5H2,1-4H3/b11-9+. The number of benzene rings is 1. The molecule has 1 aromatic rings. The SMILES string of the molecule is CCc1cccc(Cl)c1/C(C)=C/C(C)C. The first-order chi connectivity index (χ1) is 7.06. The second-order valence-corrected chi connectivity index (χ2v) is 4.63. The Kier molecular flexibility index (Phi) is 4.41. The second-order valence-electron chi connectivity index (χ2n) is 4.22. The molecule has 0 radical (unpaired) electrons. The minimum absolute atomic E-state index is 0.561. The fourth-order valence-electron chi connectivity index (χ4n) is 1.89. The van der Waals surface area contributed by atoms with Crippen molar-refractivity contribution in [3.63, 3.8) is 0 Å². The monoisotopic (exact) mass is 222 g/mol. The van der Waals surface area contributed by atoms with Crippen LogP contribution in [0.4, 0.5) is 0 Å². The molecule has 1 heteroatoms. The smallest absolute Gasteiger partial charge is 0.0483 e. The number of hydrogen-bond acceptors (Lipinski definition) is 0. The summed E-state index contributed by atoms with van der Waals surface area (Å²) in [7, 11) is 0. The topological polar surface area (TPSA) is 0 Å². The Morgan fingerprint density at radius 2 is 2.07 bits per heavy atom. The van der Waals surface area contributed by atoms with Gasteiger partial charge in [0.25, 0.3) is 0 Å². The van der Waals surface area contributed by atoms with Gasteiger partial charge >= 0.3 is 0 Å². The Hall–Kier alpha value is -0.750. The van der Waals surface area contributed by atoms with Crippen molar-refractivity contribution in [2.45, 2.75) is 34.1 Å². The summed E-state index contributed by atoms with van der Waals surface area (Å²) in [5.74, 6) is 0.561. The molecule has 1 rings (SSSR count). The van der Waals surface area contributed by atoms with Gasteiger partial charge in [-0.05, 0) is 42.0 Å². The van der Waals surface area contributed by atoms with Crippen molar-refractivity contribution in [2.24, 2.45) is 5.92 Å². The largest absolute Gasteiger partial charge is 0.0837 e. The Morgan fingerprint density at radius 1 is 1.40 bits per heavy atom. The lowest BCUT2D eigenvalue weighted by atomic mass is 9.97. The molecule has 0 aliphatic heterocycles. The first kappa shape index (κ1) is 12.3. The zero-order valence-corrected chi connectivity index (χ0v) is 10.7. The molecule has 0 aliphatic rings. The molecule has 0 amide bonds. The van der Waals surface area contributed by atoms with Gasteiger partial charge in [-0.3, -0.25) is 0 Å². The average molecular weight is 223 g/mol. The third-order valence-corrected chi connectivity index (χ3v) is 2.77. The zero-order valence-electron chi connectivity index (χ0n) is 9.97. The molecule has 0 atom stereocenters. The van der Waals surface area contributed by atoms with E-state index in [1.54, 1.807) is 0 Å². The van der Waals surface area contributed by atoms with Crippen LogP contribution in [0.25, 0.3) is 5.57 Å². The molecular formula is C14H19Cl. The minimum atomic E-state index is 0.561. The highest BCUT2D eigenvalue weighted by atomic mass is 35.5. The molecule has 0 aromatic heterocycles. The van der Waals surface area contributed by atoms with Crippen molar-refractivity contribution in [3.8, 4) is 0 Å². The summed E-state index contributed by atoms with van der Waals surface area (Å²) < 4.78 is 0. The van der Waals surface area contributed by atoms with E-state index in [2.05, 4.69) is 39.8 Å². The van der Waals surface area contributed by atoms with Crippen molar-refractivity contribution in [1.82, 2.24) is 0 Å². The van der Waals surface area contributed by atoms with E-state index in [-0.39, 0.29) is 0 Å². The molecule has 1 aromatic carbocycles. The molecule has 0 unspecified atom stereocenters. The first-order valence-corrected chi connectivity index (χ1v) is 5.90. The van der Waals surface area contributed by atoms with Crippen molar-refractivity contribution in [3.05, 3.63) is 40.4 Å². The zero-order chi connectivity index (χ0) is 11.4. The molecule has 0 saturated carbocycles. The molecule has 0 aliphatic carbocycles. The summed E-state index contributed by atoms with van der Waals surface area (Å²) in [6.07, 6.45) is 3.29. The van der Waals surface area contributed by atoms with Gasteiger partial charge in [-0.1, -0.05) is 50.6 Å². The van der Waals surface area contributed by atoms with Crippen LogP contribution >= 0.6 is 11.6 Å². The van der Waals surface area contributed by atoms with Crippen LogP contribution < -0.4 is 0 Å². The lowest BCUT2D eigenvalue weighted by Crippen LogP contribution is -1.93. The summed E-state index contributed by atoms with van der Waals surface area (Å²) in [4.78, 5) is 0. The van der Waals surface area contributed by atoms with Gasteiger partial charge in [0, 0.05) is 5.02 Å². The molecule has 0 fully saturated rings. The Morgan fingerprint density at radius 3 is 2.60 bits per heavy atom. The molecular weight excluding hydrogens is 204 g/mol. The van der Waals surface area contributed by atoms with Gasteiger partial charge in [0.15, 0.2) is 0 Å². The fraction of sp³-hybridized carbons (Fsp3) is 0.429. The van der Waals surface area contributed by atoms with Gasteiger partial charge < -0.3 is 0 Å². The number of hydrogen-bond donors (Lipinski definition) is 0. The van der Waals surface area contributed by atoms with Crippen LogP contribution in [-0.2, 0) is 6.42 Å². The van der Waals surface area contributed by atoms with Crippen LogP contribution in [0, 0.1) is 5.92 Å². The van der Waals surface area contributed by atoms with E-state index in [1.807, 2.05) is 12.1 Å². The third kappa shape index (κ3) is 3.10. The normalized spacial score (nSPS) is 12.3. The summed E-state index contributed by atoms with van der Waals surface area (Å²) in [5, 5.41) is 0.865. The molecule has 0 saturated heterocycles. The van der Waals surface area contributed by atoms with E-state index >= 15 is 0 Å². The number of allylic oxidation sites excluding steroid dienone is 2. The van der Waals surface area contributed by atoms with E-state index in [4.69, 9.17) is 11.6 Å². The van der Waals surface area contributed by atoms with Crippen molar-refractivity contribution in [2.75, 3.05) is 0 Å². The van der Waals surface area contributed by atoms with Crippen molar-refractivity contribution >= 4 is 17.2 Å². The fourth-order valence-corrected chi connectivity index (χ4v) is 2.23. The maximum Gasteiger partial charge on any atom is 0.0483 e. The highest BCUT2D eigenvalue weighted by Gasteiger charge is 2.07. The van der Waals surface area contributed by atoms with Gasteiger partial charge in [0.1, 0.15) is 0 Å². The highest BCUT2D eigenvalue weighted by molar-refractivity contribution is 6.32. The van der Waals surface area contributed by atoms with E-state index in [9.17, 15) is 0 Å². The predicted molar refractivity (Wildman–Crippen MR) is 69.3 cm³/mol. The molecule has 0 spiro atoms. The number of rotatable bonds is 3. The summed E-state index contributed by atoms with van der Waals surface area (Å²) in [5.41, 5.74) is 3.83. The van der Waals surface area contributed by atoms with Crippen LogP contribution in [0.15, 0.2) is 24.3 Å². The molecule has 0 nitrogen and oxygen atoms in total. The van der Waals surface area contributed by atoms with Crippen LogP contribution in [-0.4, -0.2) is 0 Å². The quantitative estimate of drug-likeness (QED) is 0.678. The summed E-state index contributed by atoms with van der Waals surface area (Å²) in [6.45, 7) is 8.68. The molecule has 0 heterocycles. The van der Waals surface area contributed by atoms with Crippen LogP contribution in [0.5, 0.6) is 0 Å².